The molecule has 15 heavy (non-hydrogen) atoms. The average molecular weight is 210 g/mol. The van der Waals surface area contributed by atoms with Crippen LogP contribution in [0.5, 0.6) is 0 Å². The van der Waals surface area contributed by atoms with Crippen LogP contribution in [0.15, 0.2) is 0 Å². The fraction of sp³-hybridized carbons (Fsp3) is 1.00. The Hall–Kier alpha value is -0.0800. The van der Waals surface area contributed by atoms with Gasteiger partial charge in [-0.3, -0.25) is 4.90 Å². The van der Waals surface area contributed by atoms with Crippen molar-refractivity contribution >= 4 is 0 Å². The zero-order valence-electron chi connectivity index (χ0n) is 10.2. The number of rotatable bonds is 2. The third-order valence-electron chi connectivity index (χ3n) is 4.06. The molecule has 2 aliphatic heterocycles. The molecule has 0 aromatic heterocycles. The molecule has 2 aliphatic rings. The molecule has 2 atom stereocenters. The Bertz CT molecular complexity index is 173. The first-order valence-corrected chi connectivity index (χ1v) is 6.83. The number of nitrogens with zero attached hydrogens (tertiary/aromatic N) is 1. The molecule has 0 spiro atoms. The minimum absolute atomic E-state index is 0.771. The van der Waals surface area contributed by atoms with Crippen LogP contribution >= 0.6 is 0 Å². The molecular weight excluding hydrogens is 184 g/mol. The molecule has 0 saturated carbocycles. The number of hydrogen-bond acceptors (Lipinski definition) is 2. The van der Waals surface area contributed by atoms with E-state index in [-0.39, 0.29) is 0 Å². The van der Waals surface area contributed by atoms with Crippen molar-refractivity contribution in [1.29, 1.82) is 0 Å². The highest BCUT2D eigenvalue weighted by atomic mass is 15.2. The van der Waals surface area contributed by atoms with Crippen LogP contribution in [0.3, 0.4) is 0 Å². The Morgan fingerprint density at radius 2 is 1.93 bits per heavy atom. The molecule has 0 aliphatic carbocycles. The van der Waals surface area contributed by atoms with Gasteiger partial charge in [0, 0.05) is 18.6 Å². The highest BCUT2D eigenvalue weighted by Crippen LogP contribution is 2.18. The highest BCUT2D eigenvalue weighted by Gasteiger charge is 2.21. The van der Waals surface area contributed by atoms with Crippen LogP contribution in [0.2, 0.25) is 0 Å². The van der Waals surface area contributed by atoms with Gasteiger partial charge in [0.05, 0.1) is 0 Å². The highest BCUT2D eigenvalue weighted by molar-refractivity contribution is 4.80. The maximum Gasteiger partial charge on any atom is 0.0195 e. The lowest BCUT2D eigenvalue weighted by Gasteiger charge is -2.36. The molecule has 0 aromatic rings. The normalized spacial score (nSPS) is 35.0. The lowest BCUT2D eigenvalue weighted by Crippen LogP contribution is -2.46. The fourth-order valence-corrected chi connectivity index (χ4v) is 2.97. The van der Waals surface area contributed by atoms with E-state index in [9.17, 15) is 0 Å². The number of piperidine rings is 1. The van der Waals surface area contributed by atoms with Crippen LogP contribution in [-0.2, 0) is 0 Å². The SMILES string of the molecule is CC1CCCCN1CC1CCCCCN1. The van der Waals surface area contributed by atoms with Gasteiger partial charge in [0.15, 0.2) is 0 Å². The first-order chi connectivity index (χ1) is 7.36. The van der Waals surface area contributed by atoms with Crippen molar-refractivity contribution in [2.75, 3.05) is 19.6 Å². The summed E-state index contributed by atoms with van der Waals surface area (Å²) >= 11 is 0. The third-order valence-corrected chi connectivity index (χ3v) is 4.06. The van der Waals surface area contributed by atoms with E-state index in [1.54, 1.807) is 0 Å². The molecule has 0 aromatic carbocycles. The molecule has 0 bridgehead atoms. The van der Waals surface area contributed by atoms with Crippen molar-refractivity contribution < 1.29 is 0 Å². The second kappa shape index (κ2) is 5.86. The van der Waals surface area contributed by atoms with Gasteiger partial charge in [0.2, 0.25) is 0 Å². The fourth-order valence-electron chi connectivity index (χ4n) is 2.97. The van der Waals surface area contributed by atoms with Crippen molar-refractivity contribution in [3.63, 3.8) is 0 Å². The van der Waals surface area contributed by atoms with Gasteiger partial charge < -0.3 is 5.32 Å². The first-order valence-electron chi connectivity index (χ1n) is 6.83. The summed E-state index contributed by atoms with van der Waals surface area (Å²) in [4.78, 5) is 2.70. The molecule has 2 heterocycles. The second-order valence-corrected chi connectivity index (χ2v) is 5.34. The van der Waals surface area contributed by atoms with Crippen molar-refractivity contribution in [3.8, 4) is 0 Å². The van der Waals surface area contributed by atoms with E-state index in [2.05, 4.69) is 17.1 Å². The zero-order chi connectivity index (χ0) is 10.5. The monoisotopic (exact) mass is 210 g/mol. The topological polar surface area (TPSA) is 15.3 Å². The van der Waals surface area contributed by atoms with Gasteiger partial charge >= 0.3 is 0 Å². The van der Waals surface area contributed by atoms with E-state index < -0.39 is 0 Å². The Morgan fingerprint density at radius 3 is 2.80 bits per heavy atom. The van der Waals surface area contributed by atoms with Crippen LogP contribution in [0.25, 0.3) is 0 Å². The molecule has 2 heteroatoms. The van der Waals surface area contributed by atoms with E-state index in [1.807, 2.05) is 0 Å². The third kappa shape index (κ3) is 3.46. The van der Waals surface area contributed by atoms with Gasteiger partial charge in [-0.15, -0.1) is 0 Å². The van der Waals surface area contributed by atoms with Gasteiger partial charge in [-0.1, -0.05) is 19.3 Å². The van der Waals surface area contributed by atoms with Crippen LogP contribution in [0, 0.1) is 0 Å². The number of hydrogen-bond donors (Lipinski definition) is 1. The van der Waals surface area contributed by atoms with Gasteiger partial charge in [-0.05, 0) is 45.7 Å². The van der Waals surface area contributed by atoms with Crippen LogP contribution in [0.1, 0.15) is 51.9 Å². The quantitative estimate of drug-likeness (QED) is 0.753. The Kier molecular flexibility index (Phi) is 4.45. The summed E-state index contributed by atoms with van der Waals surface area (Å²) in [6.07, 6.45) is 9.90. The average Bonchev–Trinajstić information content (AvgIpc) is 2.50. The minimum Gasteiger partial charge on any atom is -0.313 e. The van der Waals surface area contributed by atoms with Gasteiger partial charge in [-0.25, -0.2) is 0 Å². The van der Waals surface area contributed by atoms with Crippen LogP contribution < -0.4 is 5.32 Å². The summed E-state index contributed by atoms with van der Waals surface area (Å²) in [7, 11) is 0. The van der Waals surface area contributed by atoms with Gasteiger partial charge in [0.25, 0.3) is 0 Å². The molecule has 2 unspecified atom stereocenters. The predicted molar refractivity (Wildman–Crippen MR) is 65.1 cm³/mol. The summed E-state index contributed by atoms with van der Waals surface area (Å²) in [6.45, 7) is 6.27. The van der Waals surface area contributed by atoms with E-state index in [0.717, 1.165) is 12.1 Å². The zero-order valence-corrected chi connectivity index (χ0v) is 10.2. The molecule has 1 N–H and O–H groups in total. The van der Waals surface area contributed by atoms with E-state index >= 15 is 0 Å². The van der Waals surface area contributed by atoms with E-state index in [1.165, 1.54) is 64.6 Å². The van der Waals surface area contributed by atoms with Crippen molar-refractivity contribution in [2.24, 2.45) is 0 Å². The summed E-state index contributed by atoms with van der Waals surface area (Å²) in [5, 5.41) is 3.71. The molecular formula is C13H26N2. The molecule has 0 radical (unpaired) electrons. The molecule has 2 saturated heterocycles. The first kappa shape index (κ1) is 11.4. The molecule has 0 amide bonds. The predicted octanol–water partition coefficient (Wildman–Crippen LogP) is 2.39. The lowest BCUT2D eigenvalue weighted by molar-refractivity contribution is 0.143. The lowest BCUT2D eigenvalue weighted by atomic mass is 10.0. The van der Waals surface area contributed by atoms with Crippen LogP contribution in [-0.4, -0.2) is 36.6 Å². The molecule has 2 nitrogen and oxygen atoms in total. The van der Waals surface area contributed by atoms with Gasteiger partial charge in [-0.2, -0.15) is 0 Å². The maximum absolute atomic E-state index is 3.71. The maximum atomic E-state index is 3.71. The summed E-state index contributed by atoms with van der Waals surface area (Å²) in [6, 6.07) is 1.59. The van der Waals surface area contributed by atoms with E-state index in [4.69, 9.17) is 0 Å². The van der Waals surface area contributed by atoms with Crippen molar-refractivity contribution in [3.05, 3.63) is 0 Å². The number of likely N-dealkylation sites (tertiary alicyclic amines) is 1. The van der Waals surface area contributed by atoms with E-state index in [0.29, 0.717) is 0 Å². The smallest absolute Gasteiger partial charge is 0.0195 e. The largest absolute Gasteiger partial charge is 0.313 e. The van der Waals surface area contributed by atoms with Gasteiger partial charge in [0.1, 0.15) is 0 Å². The summed E-state index contributed by atoms with van der Waals surface area (Å²) < 4.78 is 0. The summed E-state index contributed by atoms with van der Waals surface area (Å²) in [5.74, 6) is 0. The molecule has 2 fully saturated rings. The Morgan fingerprint density at radius 1 is 1.07 bits per heavy atom. The molecule has 2 rings (SSSR count). The van der Waals surface area contributed by atoms with Crippen molar-refractivity contribution in [2.45, 2.75) is 64.0 Å². The van der Waals surface area contributed by atoms with Crippen molar-refractivity contribution in [1.82, 2.24) is 10.2 Å². The molecule has 88 valence electrons. The summed E-state index contributed by atoms with van der Waals surface area (Å²) in [5.41, 5.74) is 0. The Labute approximate surface area is 94.4 Å². The second-order valence-electron chi connectivity index (χ2n) is 5.34. The number of nitrogens with one attached hydrogen (secondary N) is 1. The standard InChI is InChI=1S/C13H26N2/c1-12-7-4-6-10-15(12)11-13-8-3-2-5-9-14-13/h12-14H,2-11H2,1H3. The van der Waals surface area contributed by atoms with Crippen LogP contribution in [0.4, 0.5) is 0 Å². The Balaban J connectivity index is 1.78. The minimum atomic E-state index is 0.771.